The number of likely N-dealkylation sites (tertiary alicyclic amines) is 1. The second kappa shape index (κ2) is 9.77. The van der Waals surface area contributed by atoms with Gasteiger partial charge in [0.15, 0.2) is 0 Å². The van der Waals surface area contributed by atoms with Crippen LogP contribution >= 0.6 is 0 Å². The van der Waals surface area contributed by atoms with Crippen molar-refractivity contribution in [1.82, 2.24) is 24.6 Å². The Kier molecular flexibility index (Phi) is 6.40. The largest absolute Gasteiger partial charge is 0.478 e. The van der Waals surface area contributed by atoms with Gasteiger partial charge in [-0.15, -0.1) is 10.2 Å². The number of aromatic nitrogens is 3. The molecule has 1 N–H and O–H groups in total. The molecule has 2 aromatic carbocycles. The zero-order valence-corrected chi connectivity index (χ0v) is 19.1. The van der Waals surface area contributed by atoms with Gasteiger partial charge in [0, 0.05) is 50.6 Å². The first kappa shape index (κ1) is 22.3. The number of carbonyl (C=O) groups is 2. The number of benzene rings is 2. The van der Waals surface area contributed by atoms with Gasteiger partial charge in [0.1, 0.15) is 11.6 Å². The van der Waals surface area contributed by atoms with Crippen LogP contribution in [0.25, 0.3) is 0 Å². The van der Waals surface area contributed by atoms with E-state index in [0.29, 0.717) is 37.5 Å². The molecule has 1 unspecified atom stereocenters. The van der Waals surface area contributed by atoms with Crippen LogP contribution in [0.3, 0.4) is 0 Å². The van der Waals surface area contributed by atoms with Crippen LogP contribution in [0.15, 0.2) is 54.6 Å². The Morgan fingerprint density at radius 2 is 1.76 bits per heavy atom. The van der Waals surface area contributed by atoms with Crippen LogP contribution in [0.5, 0.6) is 0 Å². The standard InChI is InChI=1S/C26H29N5O3/c32-25(20-7-4-8-21(17-20)26(33)34)30-14-11-23-27-28-24(31(23)16-15-30)22-10-13-29(18-22)12-9-19-5-2-1-3-6-19/h1-8,17,22H,9-16,18H2,(H,33,34). The quantitative estimate of drug-likeness (QED) is 0.610. The van der Waals surface area contributed by atoms with Crippen molar-refractivity contribution in [2.24, 2.45) is 0 Å². The van der Waals surface area contributed by atoms with Gasteiger partial charge < -0.3 is 19.5 Å². The molecule has 0 aliphatic carbocycles. The molecule has 1 saturated heterocycles. The van der Waals surface area contributed by atoms with E-state index in [-0.39, 0.29) is 11.5 Å². The topological polar surface area (TPSA) is 91.6 Å². The summed E-state index contributed by atoms with van der Waals surface area (Å²) in [6.45, 7) is 4.84. The lowest BCUT2D eigenvalue weighted by molar-refractivity contribution is 0.0697. The third-order valence-electron chi connectivity index (χ3n) is 6.90. The first-order valence-corrected chi connectivity index (χ1v) is 11.9. The minimum absolute atomic E-state index is 0.123. The SMILES string of the molecule is O=C(O)c1cccc(C(=O)N2CCc3nnc(C4CCN(CCc5ccccc5)C4)n3CC2)c1. The Bertz CT molecular complexity index is 1180. The van der Waals surface area contributed by atoms with E-state index in [9.17, 15) is 14.7 Å². The first-order chi connectivity index (χ1) is 16.6. The summed E-state index contributed by atoms with van der Waals surface area (Å²) in [6, 6.07) is 16.8. The lowest BCUT2D eigenvalue weighted by atomic mass is 10.1. The second-order valence-electron chi connectivity index (χ2n) is 9.08. The molecule has 0 radical (unpaired) electrons. The van der Waals surface area contributed by atoms with Crippen LogP contribution < -0.4 is 0 Å². The van der Waals surface area contributed by atoms with Crippen LogP contribution in [0.2, 0.25) is 0 Å². The monoisotopic (exact) mass is 459 g/mol. The van der Waals surface area contributed by atoms with Gasteiger partial charge in [0.05, 0.1) is 5.56 Å². The number of nitrogens with zero attached hydrogens (tertiary/aromatic N) is 5. The molecule has 8 heteroatoms. The van der Waals surface area contributed by atoms with Gasteiger partial charge in [-0.05, 0) is 43.1 Å². The number of fused-ring (bicyclic) bond motifs is 1. The van der Waals surface area contributed by atoms with Crippen LogP contribution in [-0.4, -0.2) is 74.3 Å². The highest BCUT2D eigenvalue weighted by Gasteiger charge is 2.30. The molecule has 2 aliphatic rings. The van der Waals surface area contributed by atoms with Crippen molar-refractivity contribution in [2.75, 3.05) is 32.7 Å². The highest BCUT2D eigenvalue weighted by atomic mass is 16.4. The van der Waals surface area contributed by atoms with Crippen molar-refractivity contribution in [2.45, 2.75) is 31.7 Å². The molecule has 3 heterocycles. The zero-order chi connectivity index (χ0) is 23.5. The maximum Gasteiger partial charge on any atom is 0.335 e. The summed E-state index contributed by atoms with van der Waals surface area (Å²) in [7, 11) is 0. The molecule has 8 nitrogen and oxygen atoms in total. The summed E-state index contributed by atoms with van der Waals surface area (Å²) in [5.41, 5.74) is 1.89. The van der Waals surface area contributed by atoms with Gasteiger partial charge in [-0.25, -0.2) is 4.79 Å². The van der Waals surface area contributed by atoms with E-state index in [1.54, 1.807) is 17.0 Å². The summed E-state index contributed by atoms with van der Waals surface area (Å²) in [5, 5.41) is 18.2. The third kappa shape index (κ3) is 4.72. The Morgan fingerprint density at radius 1 is 0.941 bits per heavy atom. The van der Waals surface area contributed by atoms with Crippen LogP contribution in [0.1, 0.15) is 50.3 Å². The molecule has 0 bridgehead atoms. The summed E-state index contributed by atoms with van der Waals surface area (Å²) in [5.74, 6) is 1.13. The number of carboxylic acid groups (broad SMARTS) is 1. The molecule has 0 spiro atoms. The molecular formula is C26H29N5O3. The number of hydrogen-bond acceptors (Lipinski definition) is 5. The molecule has 1 atom stereocenters. The number of amides is 1. The van der Waals surface area contributed by atoms with E-state index in [4.69, 9.17) is 0 Å². The highest BCUT2D eigenvalue weighted by Crippen LogP contribution is 2.27. The number of rotatable bonds is 6. The Balaban J connectivity index is 1.22. The number of carboxylic acids is 1. The normalized spacial score (nSPS) is 18.5. The smallest absolute Gasteiger partial charge is 0.335 e. The second-order valence-corrected chi connectivity index (χ2v) is 9.08. The molecule has 34 heavy (non-hydrogen) atoms. The van der Waals surface area contributed by atoms with Crippen LogP contribution in [0, 0.1) is 0 Å². The van der Waals surface area contributed by atoms with E-state index in [0.717, 1.165) is 44.1 Å². The molecule has 1 aromatic heterocycles. The molecular weight excluding hydrogens is 430 g/mol. The van der Waals surface area contributed by atoms with Gasteiger partial charge in [-0.1, -0.05) is 36.4 Å². The van der Waals surface area contributed by atoms with Crippen molar-refractivity contribution in [1.29, 1.82) is 0 Å². The minimum atomic E-state index is -1.03. The predicted octanol–water partition coefficient (Wildman–Crippen LogP) is 2.71. The molecule has 5 rings (SSSR count). The Labute approximate surface area is 198 Å². The Morgan fingerprint density at radius 3 is 2.59 bits per heavy atom. The van der Waals surface area contributed by atoms with Crippen molar-refractivity contribution in [3.63, 3.8) is 0 Å². The number of hydrogen-bond donors (Lipinski definition) is 1. The third-order valence-corrected chi connectivity index (χ3v) is 6.90. The Hall–Kier alpha value is -3.52. The van der Waals surface area contributed by atoms with Gasteiger partial charge in [-0.2, -0.15) is 0 Å². The van der Waals surface area contributed by atoms with Gasteiger partial charge in [-0.3, -0.25) is 4.79 Å². The molecule has 1 amide bonds. The maximum absolute atomic E-state index is 13.1. The number of carbonyl (C=O) groups excluding carboxylic acids is 1. The summed E-state index contributed by atoms with van der Waals surface area (Å²) in [6.07, 6.45) is 2.75. The fraction of sp³-hybridized carbons (Fsp3) is 0.385. The van der Waals surface area contributed by atoms with E-state index >= 15 is 0 Å². The molecule has 176 valence electrons. The van der Waals surface area contributed by atoms with E-state index < -0.39 is 5.97 Å². The van der Waals surface area contributed by atoms with Crippen molar-refractivity contribution in [3.8, 4) is 0 Å². The van der Waals surface area contributed by atoms with Crippen LogP contribution in [-0.2, 0) is 19.4 Å². The average Bonchev–Trinajstić information content (AvgIpc) is 3.44. The zero-order valence-electron chi connectivity index (χ0n) is 19.1. The summed E-state index contributed by atoms with van der Waals surface area (Å²) < 4.78 is 2.20. The van der Waals surface area contributed by atoms with E-state index in [1.807, 2.05) is 6.07 Å². The average molecular weight is 460 g/mol. The fourth-order valence-corrected chi connectivity index (χ4v) is 5.00. The molecule has 2 aliphatic heterocycles. The van der Waals surface area contributed by atoms with Gasteiger partial charge in [0.25, 0.3) is 5.91 Å². The minimum Gasteiger partial charge on any atom is -0.478 e. The van der Waals surface area contributed by atoms with Crippen molar-refractivity contribution >= 4 is 11.9 Å². The molecule has 1 fully saturated rings. The molecule has 0 saturated carbocycles. The summed E-state index contributed by atoms with van der Waals surface area (Å²) in [4.78, 5) is 28.6. The first-order valence-electron chi connectivity index (χ1n) is 11.9. The predicted molar refractivity (Wildman–Crippen MR) is 127 cm³/mol. The van der Waals surface area contributed by atoms with E-state index in [1.165, 1.54) is 17.7 Å². The lowest BCUT2D eigenvalue weighted by Gasteiger charge is -2.21. The van der Waals surface area contributed by atoms with Crippen molar-refractivity contribution < 1.29 is 14.7 Å². The fourth-order valence-electron chi connectivity index (χ4n) is 5.00. The van der Waals surface area contributed by atoms with Crippen molar-refractivity contribution in [3.05, 3.63) is 82.9 Å². The van der Waals surface area contributed by atoms with Gasteiger partial charge in [0.2, 0.25) is 0 Å². The van der Waals surface area contributed by atoms with Gasteiger partial charge >= 0.3 is 5.97 Å². The maximum atomic E-state index is 13.1. The summed E-state index contributed by atoms with van der Waals surface area (Å²) >= 11 is 0. The highest BCUT2D eigenvalue weighted by molar-refractivity contribution is 5.97. The van der Waals surface area contributed by atoms with E-state index in [2.05, 4.69) is 43.9 Å². The molecule has 3 aromatic rings. The number of aromatic carboxylic acids is 1. The van der Waals surface area contributed by atoms with Crippen LogP contribution in [0.4, 0.5) is 0 Å². The lowest BCUT2D eigenvalue weighted by Crippen LogP contribution is -2.34.